The first-order valence-corrected chi connectivity index (χ1v) is 13.2. The van der Waals surface area contributed by atoms with Gasteiger partial charge in [-0.15, -0.1) is 0 Å². The second kappa shape index (κ2) is 11.8. The van der Waals surface area contributed by atoms with Crippen molar-refractivity contribution in [1.29, 1.82) is 0 Å². The van der Waals surface area contributed by atoms with E-state index in [-0.39, 0.29) is 10.8 Å². The van der Waals surface area contributed by atoms with Crippen LogP contribution in [0.2, 0.25) is 0 Å². The smallest absolute Gasteiger partial charge is 0.377 e. The molecule has 0 bridgehead atoms. The van der Waals surface area contributed by atoms with Gasteiger partial charge in [-0.25, -0.2) is 12.7 Å². The number of halogens is 3. The highest BCUT2D eigenvalue weighted by molar-refractivity contribution is 7.89. The molecule has 1 aromatic rings. The second-order valence-electron chi connectivity index (χ2n) is 9.21. The lowest BCUT2D eigenvalue weighted by atomic mass is 9.82. The molecule has 0 spiro atoms. The van der Waals surface area contributed by atoms with Gasteiger partial charge in [0.2, 0.25) is 10.0 Å². The van der Waals surface area contributed by atoms with Gasteiger partial charge in [0.25, 0.3) is 0 Å². The summed E-state index contributed by atoms with van der Waals surface area (Å²) in [6, 6.07) is 3.69. The summed E-state index contributed by atoms with van der Waals surface area (Å²) in [5.41, 5.74) is -0.855. The van der Waals surface area contributed by atoms with Crippen LogP contribution in [-0.2, 0) is 20.9 Å². The Balaban J connectivity index is 1.36. The predicted octanol–water partition coefficient (Wildman–Crippen LogP) is 4.80. The molecule has 1 aliphatic heterocycles. The standard InChI is InChI=1S/C24H35F3N2O3S/c1-28(33(30,31)23-12-10-22(11-13-23)24(25,26)27)18-20-6-8-21(9-7-20)19-32-17-5-4-16-29-14-2-3-15-29/h4-5,10-13,20-21H,2-3,6-9,14-19H2,1H3. The number of ether oxygens (including phenoxy) is 1. The molecule has 2 fully saturated rings. The third-order valence-electron chi connectivity index (χ3n) is 6.67. The Hall–Kier alpha value is -1.42. The first-order valence-electron chi connectivity index (χ1n) is 11.7. The first kappa shape index (κ1) is 26.2. The Morgan fingerprint density at radius 1 is 1.03 bits per heavy atom. The van der Waals surface area contributed by atoms with Crippen LogP contribution in [0.25, 0.3) is 0 Å². The van der Waals surface area contributed by atoms with Crippen LogP contribution in [-0.4, -0.2) is 64.1 Å². The number of hydrogen-bond acceptors (Lipinski definition) is 4. The van der Waals surface area contributed by atoms with Crippen molar-refractivity contribution < 1.29 is 26.3 Å². The fourth-order valence-electron chi connectivity index (χ4n) is 4.60. The van der Waals surface area contributed by atoms with E-state index in [1.165, 1.54) is 37.3 Å². The van der Waals surface area contributed by atoms with Crippen LogP contribution in [0.3, 0.4) is 0 Å². The summed E-state index contributed by atoms with van der Waals surface area (Å²) >= 11 is 0. The van der Waals surface area contributed by atoms with E-state index in [4.69, 9.17) is 4.74 Å². The van der Waals surface area contributed by atoms with E-state index >= 15 is 0 Å². The molecule has 0 amide bonds. The highest BCUT2D eigenvalue weighted by atomic mass is 32.2. The topological polar surface area (TPSA) is 49.9 Å². The quantitative estimate of drug-likeness (QED) is 0.351. The molecule has 0 aromatic heterocycles. The van der Waals surface area contributed by atoms with Crippen molar-refractivity contribution in [1.82, 2.24) is 9.21 Å². The van der Waals surface area contributed by atoms with E-state index in [2.05, 4.69) is 17.1 Å². The molecule has 9 heteroatoms. The molecule has 33 heavy (non-hydrogen) atoms. The first-order chi connectivity index (χ1) is 15.7. The number of likely N-dealkylation sites (tertiary alicyclic amines) is 1. The lowest BCUT2D eigenvalue weighted by molar-refractivity contribution is -0.137. The molecule has 0 atom stereocenters. The molecule has 1 heterocycles. The SMILES string of the molecule is CN(CC1CCC(COCC=CCN2CCCC2)CC1)S(=O)(=O)c1ccc(C(F)(F)F)cc1. The molecule has 0 radical (unpaired) electrons. The molecule has 2 aliphatic rings. The largest absolute Gasteiger partial charge is 0.416 e. The lowest BCUT2D eigenvalue weighted by Gasteiger charge is -2.30. The van der Waals surface area contributed by atoms with Gasteiger partial charge in [-0.1, -0.05) is 12.2 Å². The van der Waals surface area contributed by atoms with Crippen LogP contribution in [0.4, 0.5) is 13.2 Å². The Kier molecular flexibility index (Phi) is 9.38. The fourth-order valence-corrected chi connectivity index (χ4v) is 5.84. The summed E-state index contributed by atoms with van der Waals surface area (Å²) in [6.45, 7) is 5.10. The zero-order chi connectivity index (χ0) is 23.9. The molecule has 186 valence electrons. The minimum absolute atomic E-state index is 0.113. The number of benzene rings is 1. The van der Waals surface area contributed by atoms with E-state index in [1.54, 1.807) is 0 Å². The Morgan fingerprint density at radius 3 is 2.24 bits per heavy atom. The minimum Gasteiger partial charge on any atom is -0.377 e. The number of alkyl halides is 3. The minimum atomic E-state index is -4.49. The van der Waals surface area contributed by atoms with Gasteiger partial charge >= 0.3 is 6.18 Å². The third kappa shape index (κ3) is 7.80. The van der Waals surface area contributed by atoms with Crippen molar-refractivity contribution in [2.75, 3.05) is 46.4 Å². The van der Waals surface area contributed by atoms with Crippen LogP contribution in [0, 0.1) is 11.8 Å². The maximum atomic E-state index is 12.8. The predicted molar refractivity (Wildman–Crippen MR) is 122 cm³/mol. The van der Waals surface area contributed by atoms with Crippen molar-refractivity contribution in [3.8, 4) is 0 Å². The average molecular weight is 489 g/mol. The van der Waals surface area contributed by atoms with E-state index < -0.39 is 21.8 Å². The monoisotopic (exact) mass is 488 g/mol. The van der Waals surface area contributed by atoms with Gasteiger partial charge in [0, 0.05) is 26.7 Å². The molecule has 0 N–H and O–H groups in total. The van der Waals surface area contributed by atoms with Gasteiger partial charge in [-0.3, -0.25) is 4.90 Å². The van der Waals surface area contributed by atoms with Crippen LogP contribution < -0.4 is 0 Å². The summed E-state index contributed by atoms with van der Waals surface area (Å²) in [7, 11) is -2.32. The highest BCUT2D eigenvalue weighted by Gasteiger charge is 2.32. The summed E-state index contributed by atoms with van der Waals surface area (Å²) in [4.78, 5) is 2.32. The Bertz CT molecular complexity index is 858. The van der Waals surface area contributed by atoms with E-state index in [1.807, 2.05) is 0 Å². The van der Waals surface area contributed by atoms with Crippen molar-refractivity contribution in [3.63, 3.8) is 0 Å². The summed E-state index contributed by atoms with van der Waals surface area (Å²) < 4.78 is 70.8. The molecule has 5 nitrogen and oxygen atoms in total. The van der Waals surface area contributed by atoms with Gasteiger partial charge in [0.05, 0.1) is 17.1 Å². The van der Waals surface area contributed by atoms with Gasteiger partial charge < -0.3 is 4.74 Å². The normalized spacial score (nSPS) is 23.1. The molecule has 1 aliphatic carbocycles. The summed E-state index contributed by atoms with van der Waals surface area (Å²) in [6.07, 6.45) is 6.21. The number of rotatable bonds is 10. The zero-order valence-corrected chi connectivity index (χ0v) is 20.1. The molecule has 3 rings (SSSR count). The number of hydrogen-bond donors (Lipinski definition) is 0. The molecular formula is C24H35F3N2O3S. The van der Waals surface area contributed by atoms with E-state index in [9.17, 15) is 21.6 Å². The van der Waals surface area contributed by atoms with Crippen molar-refractivity contribution in [2.24, 2.45) is 11.8 Å². The van der Waals surface area contributed by atoms with Crippen LogP contribution in [0.15, 0.2) is 41.3 Å². The van der Waals surface area contributed by atoms with E-state index in [0.29, 0.717) is 19.1 Å². The average Bonchev–Trinajstić information content (AvgIpc) is 3.30. The Morgan fingerprint density at radius 2 is 1.64 bits per heavy atom. The fraction of sp³-hybridized carbons (Fsp3) is 0.667. The highest BCUT2D eigenvalue weighted by Crippen LogP contribution is 2.32. The maximum absolute atomic E-state index is 12.8. The van der Waals surface area contributed by atoms with Crippen molar-refractivity contribution in [2.45, 2.75) is 49.6 Å². The van der Waals surface area contributed by atoms with Gasteiger partial charge in [-0.2, -0.15) is 13.2 Å². The van der Waals surface area contributed by atoms with Gasteiger partial charge in [0.15, 0.2) is 0 Å². The molecule has 0 unspecified atom stereocenters. The van der Waals surface area contributed by atoms with Gasteiger partial charge in [0.1, 0.15) is 0 Å². The third-order valence-corrected chi connectivity index (χ3v) is 8.51. The number of nitrogens with zero attached hydrogens (tertiary/aromatic N) is 2. The van der Waals surface area contributed by atoms with Crippen molar-refractivity contribution in [3.05, 3.63) is 42.0 Å². The number of sulfonamides is 1. The van der Waals surface area contributed by atoms with E-state index in [0.717, 1.165) is 63.1 Å². The Labute approximate surface area is 195 Å². The van der Waals surface area contributed by atoms with Crippen molar-refractivity contribution >= 4 is 10.0 Å². The molecule has 1 saturated heterocycles. The summed E-state index contributed by atoms with van der Waals surface area (Å²) in [5, 5.41) is 0. The van der Waals surface area contributed by atoms with Gasteiger partial charge in [-0.05, 0) is 87.7 Å². The summed E-state index contributed by atoms with van der Waals surface area (Å²) in [5.74, 6) is 0.737. The molecular weight excluding hydrogens is 453 g/mol. The lowest BCUT2D eigenvalue weighted by Crippen LogP contribution is -2.34. The molecule has 1 saturated carbocycles. The van der Waals surface area contributed by atoms with Crippen LogP contribution in [0.1, 0.15) is 44.1 Å². The van der Waals surface area contributed by atoms with Crippen LogP contribution >= 0.6 is 0 Å². The van der Waals surface area contributed by atoms with Crippen LogP contribution in [0.5, 0.6) is 0 Å². The second-order valence-corrected chi connectivity index (χ2v) is 11.3. The zero-order valence-electron chi connectivity index (χ0n) is 19.3. The maximum Gasteiger partial charge on any atom is 0.416 e. The molecule has 1 aromatic carbocycles.